The number of nitrogens with zero attached hydrogens (tertiary/aromatic N) is 3. The van der Waals surface area contributed by atoms with Crippen LogP contribution in [0.4, 0.5) is 4.39 Å². The van der Waals surface area contributed by atoms with E-state index in [4.69, 9.17) is 0 Å². The van der Waals surface area contributed by atoms with Crippen molar-refractivity contribution >= 4 is 16.9 Å². The van der Waals surface area contributed by atoms with E-state index in [0.717, 1.165) is 12.8 Å². The predicted molar refractivity (Wildman–Crippen MR) is 84.4 cm³/mol. The van der Waals surface area contributed by atoms with Crippen LogP contribution in [-0.2, 0) is 7.05 Å². The molecule has 4 rings (SSSR count). The van der Waals surface area contributed by atoms with Crippen LogP contribution in [0, 0.1) is 5.82 Å². The molecule has 2 aromatic heterocycles. The molecule has 1 fully saturated rings. The highest BCUT2D eigenvalue weighted by Gasteiger charge is 2.25. The van der Waals surface area contributed by atoms with E-state index in [1.807, 2.05) is 0 Å². The Bertz CT molecular complexity index is 914. The Hall–Kier alpha value is -2.76. The van der Waals surface area contributed by atoms with Gasteiger partial charge in [-0.3, -0.25) is 9.48 Å². The van der Waals surface area contributed by atoms with Gasteiger partial charge in [0.25, 0.3) is 5.91 Å². The molecule has 0 unspecified atom stereocenters. The quantitative estimate of drug-likeness (QED) is 0.809. The molecule has 23 heavy (non-hydrogen) atoms. The van der Waals surface area contributed by atoms with Gasteiger partial charge in [-0.25, -0.2) is 9.37 Å². The number of carbonyl (C=O) groups excluding carboxylic acids is 1. The van der Waals surface area contributed by atoms with Crippen LogP contribution >= 0.6 is 0 Å². The molecular formula is C17H15FN4O. The number of aromatic nitrogens is 3. The van der Waals surface area contributed by atoms with Crippen molar-refractivity contribution in [2.24, 2.45) is 7.05 Å². The Labute approximate surface area is 132 Å². The number of benzene rings is 1. The second-order valence-corrected chi connectivity index (χ2v) is 5.82. The number of halogens is 1. The van der Waals surface area contributed by atoms with Gasteiger partial charge in [0, 0.05) is 18.7 Å². The summed E-state index contributed by atoms with van der Waals surface area (Å²) in [6.07, 6.45) is 3.67. The fourth-order valence-corrected chi connectivity index (χ4v) is 2.59. The second kappa shape index (κ2) is 5.15. The molecule has 0 bridgehead atoms. The molecule has 0 radical (unpaired) electrons. The van der Waals surface area contributed by atoms with Crippen LogP contribution in [0.15, 0.2) is 36.5 Å². The van der Waals surface area contributed by atoms with Gasteiger partial charge in [0.05, 0.1) is 22.8 Å². The lowest BCUT2D eigenvalue weighted by Gasteiger charge is -2.08. The summed E-state index contributed by atoms with van der Waals surface area (Å²) in [5, 5.41) is 7.87. The monoisotopic (exact) mass is 310 g/mol. The largest absolute Gasteiger partial charge is 0.349 e. The third-order valence-corrected chi connectivity index (χ3v) is 3.98. The molecule has 1 N–H and O–H groups in total. The molecule has 116 valence electrons. The first-order chi connectivity index (χ1) is 11.1. The Morgan fingerprint density at radius 1 is 1.35 bits per heavy atom. The zero-order valence-corrected chi connectivity index (χ0v) is 12.6. The van der Waals surface area contributed by atoms with E-state index in [2.05, 4.69) is 15.4 Å². The van der Waals surface area contributed by atoms with Gasteiger partial charge in [0.2, 0.25) is 0 Å². The van der Waals surface area contributed by atoms with Gasteiger partial charge in [-0.1, -0.05) is 12.1 Å². The highest BCUT2D eigenvalue weighted by molar-refractivity contribution is 6.06. The summed E-state index contributed by atoms with van der Waals surface area (Å²) in [5.41, 5.74) is 2.32. The lowest BCUT2D eigenvalue weighted by Crippen LogP contribution is -2.25. The Morgan fingerprint density at radius 3 is 2.91 bits per heavy atom. The van der Waals surface area contributed by atoms with E-state index in [1.54, 1.807) is 36.1 Å². The number of nitrogens with one attached hydrogen (secondary N) is 1. The normalized spacial score (nSPS) is 14.2. The van der Waals surface area contributed by atoms with Crippen molar-refractivity contribution in [1.29, 1.82) is 0 Å². The molecule has 2 heterocycles. The minimum absolute atomic E-state index is 0.134. The van der Waals surface area contributed by atoms with Crippen molar-refractivity contribution in [3.63, 3.8) is 0 Å². The fraction of sp³-hybridized carbons (Fsp3) is 0.235. The summed E-state index contributed by atoms with van der Waals surface area (Å²) in [4.78, 5) is 17.1. The second-order valence-electron chi connectivity index (χ2n) is 5.82. The molecule has 0 saturated heterocycles. The topological polar surface area (TPSA) is 59.8 Å². The Morgan fingerprint density at radius 2 is 2.17 bits per heavy atom. The molecular weight excluding hydrogens is 295 g/mol. The average Bonchev–Trinajstić information content (AvgIpc) is 3.28. The maximum Gasteiger partial charge on any atom is 0.252 e. The first-order valence-corrected chi connectivity index (χ1v) is 7.51. The van der Waals surface area contributed by atoms with E-state index in [0.29, 0.717) is 27.9 Å². The van der Waals surface area contributed by atoms with E-state index in [1.165, 1.54) is 12.1 Å². The summed E-state index contributed by atoms with van der Waals surface area (Å²) >= 11 is 0. The molecule has 1 aromatic carbocycles. The number of hydrogen-bond donors (Lipinski definition) is 1. The zero-order chi connectivity index (χ0) is 16.0. The molecule has 1 saturated carbocycles. The molecule has 0 spiro atoms. The number of aryl methyl sites for hydroxylation is 1. The van der Waals surface area contributed by atoms with Crippen molar-refractivity contribution < 1.29 is 9.18 Å². The van der Waals surface area contributed by atoms with Gasteiger partial charge in [0.15, 0.2) is 5.65 Å². The minimum Gasteiger partial charge on any atom is -0.349 e. The van der Waals surface area contributed by atoms with Crippen molar-refractivity contribution in [3.05, 3.63) is 47.9 Å². The molecule has 6 heteroatoms. The number of rotatable bonds is 3. The predicted octanol–water partition coefficient (Wildman–Crippen LogP) is 2.67. The van der Waals surface area contributed by atoms with E-state index in [-0.39, 0.29) is 17.8 Å². The maximum atomic E-state index is 13.5. The molecule has 3 aromatic rings. The smallest absolute Gasteiger partial charge is 0.252 e. The Balaban J connectivity index is 1.88. The van der Waals surface area contributed by atoms with Crippen LogP contribution in [-0.4, -0.2) is 26.7 Å². The lowest BCUT2D eigenvalue weighted by molar-refractivity contribution is 0.0952. The molecule has 1 aliphatic rings. The van der Waals surface area contributed by atoms with Crippen molar-refractivity contribution in [1.82, 2.24) is 20.1 Å². The lowest BCUT2D eigenvalue weighted by atomic mass is 10.1. The van der Waals surface area contributed by atoms with E-state index < -0.39 is 0 Å². The standard InChI is InChI=1S/C17H15FN4O/c1-22-16-14(9-19-22)13(17(23)20-12-5-6-12)8-15(21-16)10-3-2-4-11(18)7-10/h2-4,7-9,12H,5-6H2,1H3,(H,20,23). The van der Waals surface area contributed by atoms with Crippen LogP contribution in [0.1, 0.15) is 23.2 Å². The van der Waals surface area contributed by atoms with Gasteiger partial charge >= 0.3 is 0 Å². The number of fused-ring (bicyclic) bond motifs is 1. The number of hydrogen-bond acceptors (Lipinski definition) is 3. The highest BCUT2D eigenvalue weighted by atomic mass is 19.1. The average molecular weight is 310 g/mol. The van der Waals surface area contributed by atoms with Gasteiger partial charge in [-0.15, -0.1) is 0 Å². The van der Waals surface area contributed by atoms with Crippen LogP contribution in [0.25, 0.3) is 22.3 Å². The minimum atomic E-state index is -0.335. The third kappa shape index (κ3) is 2.56. The van der Waals surface area contributed by atoms with Crippen molar-refractivity contribution in [2.75, 3.05) is 0 Å². The van der Waals surface area contributed by atoms with Crippen molar-refractivity contribution in [3.8, 4) is 11.3 Å². The number of amides is 1. The first kappa shape index (κ1) is 13.9. The maximum absolute atomic E-state index is 13.5. The van der Waals surface area contributed by atoms with Gasteiger partial charge in [0.1, 0.15) is 5.82 Å². The summed E-state index contributed by atoms with van der Waals surface area (Å²) < 4.78 is 15.1. The summed E-state index contributed by atoms with van der Waals surface area (Å²) in [6.45, 7) is 0. The van der Waals surface area contributed by atoms with Crippen molar-refractivity contribution in [2.45, 2.75) is 18.9 Å². The van der Waals surface area contributed by atoms with Crippen LogP contribution < -0.4 is 5.32 Å². The molecule has 1 aliphatic carbocycles. The molecule has 0 atom stereocenters. The SMILES string of the molecule is Cn1ncc2c(C(=O)NC3CC3)cc(-c3cccc(F)c3)nc21. The van der Waals surface area contributed by atoms with Crippen LogP contribution in [0.2, 0.25) is 0 Å². The van der Waals surface area contributed by atoms with Gasteiger partial charge in [-0.05, 0) is 31.0 Å². The fourth-order valence-electron chi connectivity index (χ4n) is 2.59. The summed E-state index contributed by atoms with van der Waals surface area (Å²) in [7, 11) is 1.77. The number of pyridine rings is 1. The third-order valence-electron chi connectivity index (χ3n) is 3.98. The van der Waals surface area contributed by atoms with Gasteiger partial charge in [-0.2, -0.15) is 5.10 Å². The number of carbonyl (C=O) groups is 1. The molecule has 5 nitrogen and oxygen atoms in total. The zero-order valence-electron chi connectivity index (χ0n) is 12.6. The summed E-state index contributed by atoms with van der Waals surface area (Å²) in [5.74, 6) is -0.469. The first-order valence-electron chi connectivity index (χ1n) is 7.51. The summed E-state index contributed by atoms with van der Waals surface area (Å²) in [6, 6.07) is 8.16. The van der Waals surface area contributed by atoms with Crippen LogP contribution in [0.5, 0.6) is 0 Å². The van der Waals surface area contributed by atoms with Gasteiger partial charge < -0.3 is 5.32 Å². The van der Waals surface area contributed by atoms with Crippen LogP contribution in [0.3, 0.4) is 0 Å². The molecule has 0 aliphatic heterocycles. The van der Waals surface area contributed by atoms with E-state index >= 15 is 0 Å². The Kier molecular flexibility index (Phi) is 3.11. The highest BCUT2D eigenvalue weighted by Crippen LogP contribution is 2.26. The molecule has 1 amide bonds. The van der Waals surface area contributed by atoms with E-state index in [9.17, 15) is 9.18 Å².